The number of carbonyl (C=O) groups is 1. The van der Waals surface area contributed by atoms with E-state index in [1.807, 2.05) is 0 Å². The van der Waals surface area contributed by atoms with Gasteiger partial charge in [0, 0.05) is 137 Å². The summed E-state index contributed by atoms with van der Waals surface area (Å²) in [6.07, 6.45) is 5.94. The van der Waals surface area contributed by atoms with Gasteiger partial charge in [-0.05, 0) is 147 Å². The molecule has 38 heteroatoms. The molecule has 5 aliphatic rings. The molecule has 1 amide bonds. The van der Waals surface area contributed by atoms with Gasteiger partial charge in [0.2, 0.25) is 25.9 Å². The molecule has 4 aliphatic heterocycles. The van der Waals surface area contributed by atoms with E-state index in [2.05, 4.69) is 49.0 Å². The van der Waals surface area contributed by atoms with Crippen molar-refractivity contribution in [2.45, 2.75) is 111 Å². The quantitative estimate of drug-likeness (QED) is 0.0238. The van der Waals surface area contributed by atoms with E-state index in [1.54, 1.807) is 30.5 Å². The van der Waals surface area contributed by atoms with Crippen molar-refractivity contribution in [3.05, 3.63) is 179 Å². The third-order valence-electron chi connectivity index (χ3n) is 17.8. The minimum Gasteiger partial charge on any atom is -0.455 e. The average molecular weight is 1550 g/mol. The Bertz CT molecular complexity index is 4720. The summed E-state index contributed by atoms with van der Waals surface area (Å²) >= 11 is 6.53. The number of H-pyrrole nitrogens is 1. The fourth-order valence-electron chi connectivity index (χ4n) is 12.0. The number of ether oxygens (including phenoxy) is 4. The number of allylic oxidation sites excluding steroid dienone is 1. The molecular formula is C67H78ClF4N13O17S3. The lowest BCUT2D eigenvalue weighted by Crippen LogP contribution is -2.47. The van der Waals surface area contributed by atoms with Gasteiger partial charge < -0.3 is 45.2 Å². The van der Waals surface area contributed by atoms with Gasteiger partial charge in [0.25, 0.3) is 27.3 Å². The van der Waals surface area contributed by atoms with Gasteiger partial charge in [0.05, 0.1) is 46.8 Å². The Morgan fingerprint density at radius 1 is 0.705 bits per heavy atom. The number of nitro benzene ring substituents is 3. The lowest BCUT2D eigenvalue weighted by atomic mass is 9.72. The number of nitro groups is 3. The molecule has 0 radical (unpaired) electrons. The van der Waals surface area contributed by atoms with Gasteiger partial charge in [0.1, 0.15) is 28.5 Å². The van der Waals surface area contributed by atoms with Crippen LogP contribution >= 0.6 is 11.6 Å². The van der Waals surface area contributed by atoms with Crippen molar-refractivity contribution < 1.29 is 81.3 Å². The maximum absolute atomic E-state index is 13.9. The van der Waals surface area contributed by atoms with E-state index in [1.165, 1.54) is 42.6 Å². The van der Waals surface area contributed by atoms with E-state index in [4.69, 9.17) is 46.6 Å². The number of piperazine rings is 1. The van der Waals surface area contributed by atoms with E-state index < -0.39 is 89.5 Å². The van der Waals surface area contributed by atoms with Crippen LogP contribution in [-0.2, 0) is 50.5 Å². The second-order valence-electron chi connectivity index (χ2n) is 26.0. The molecule has 12 rings (SSSR count). The fraction of sp³-hybridized carbons (Fsp3) is 0.403. The smallest absolute Gasteiger partial charge is 0.416 e. The minimum absolute atomic E-state index is 0.0469. The lowest BCUT2D eigenvalue weighted by Gasteiger charge is -2.39. The number of aromatic nitrogens is 2. The fourth-order valence-corrected chi connectivity index (χ4v) is 14.4. The van der Waals surface area contributed by atoms with Crippen LogP contribution in [0.2, 0.25) is 5.02 Å². The molecule has 4 saturated heterocycles. The van der Waals surface area contributed by atoms with Crippen molar-refractivity contribution in [3.63, 3.8) is 0 Å². The zero-order chi connectivity index (χ0) is 76.2. The third-order valence-corrected chi connectivity index (χ3v) is 21.3. The number of fused-ring (bicyclic) bond motifs is 1. The van der Waals surface area contributed by atoms with Crippen LogP contribution in [0.25, 0.3) is 16.6 Å². The Hall–Kier alpha value is -9.02. The summed E-state index contributed by atoms with van der Waals surface area (Å²) in [5.74, 6) is -1.77. The molecule has 0 unspecified atom stereocenters. The van der Waals surface area contributed by atoms with E-state index >= 15 is 0 Å². The molecule has 0 atom stereocenters. The van der Waals surface area contributed by atoms with Gasteiger partial charge in [-0.15, -0.1) is 0 Å². The van der Waals surface area contributed by atoms with Crippen molar-refractivity contribution in [1.29, 1.82) is 0 Å². The molecule has 10 N–H and O–H groups in total. The summed E-state index contributed by atoms with van der Waals surface area (Å²) in [5, 5.41) is 50.0. The maximum Gasteiger partial charge on any atom is 0.416 e. The number of nitrogens with zero attached hydrogens (tertiary/aromatic N) is 6. The number of anilines is 3. The van der Waals surface area contributed by atoms with Gasteiger partial charge >= 0.3 is 11.9 Å². The molecular weight excluding hydrogens is 1470 g/mol. The van der Waals surface area contributed by atoms with Crippen molar-refractivity contribution in [1.82, 2.24) is 19.6 Å². The number of amides is 1. The minimum atomic E-state index is -4.61. The standard InChI is InChI=1S/C45H47ClF3N7O7S.C11H15N3O5S.C6H5FN2O4S.C5H11NO/c1-44(2)13-9-29(37(25-44)35-6-3-30(22-38(35)46)45(47,48)49)27-54-15-17-55(18-16-54)32-4-7-36(41(23-32)63-33-21-28-10-14-50-42(28)51-26-33)43(57)53-64(60,61)34-5-8-39(40(24-34)56(58)59)52-31-11-19-62-20-12-31;12-20(17,18)9-1-2-10(11(7-9)14(15)16)13-8-3-5-19-6-4-8;7-5-2-1-4(14(8,12)13)3-6(5)9(10)11;6-5-1-3-7-4-2-5/h3-8,10,14,21-24,26,31,52H,9,11-13,15-20,25,27H2,1-2H3,(H,50,51)(H,53,57);1-2,7-8,13H,3-6H2,(H2,12,17,18);1-3H,(H2,8,12,13);5H,1-4,6H2. The number of rotatable bonds is 18. The van der Waals surface area contributed by atoms with Gasteiger partial charge in [-0.25, -0.2) is 45.2 Å². The molecule has 30 nitrogen and oxygen atoms in total. The molecule has 2 aromatic heterocycles. The zero-order valence-corrected chi connectivity index (χ0v) is 60.0. The molecule has 0 saturated carbocycles. The summed E-state index contributed by atoms with van der Waals surface area (Å²) in [5.41, 5.74) is 7.49. The van der Waals surface area contributed by atoms with E-state index in [0.29, 0.717) is 119 Å². The highest BCUT2D eigenvalue weighted by Crippen LogP contribution is 2.46. The first-order valence-corrected chi connectivity index (χ1v) is 37.9. The van der Waals surface area contributed by atoms with Crippen molar-refractivity contribution >= 4 is 98.3 Å². The number of carbonyl (C=O) groups excluding carboxylic acids is 1. The van der Waals surface area contributed by atoms with Gasteiger partial charge in [-0.2, -0.15) is 17.6 Å². The average Bonchev–Trinajstić information content (AvgIpc) is 1.03. The number of hydrogen-bond acceptors (Lipinski definition) is 23. The van der Waals surface area contributed by atoms with E-state index in [9.17, 15) is 78.0 Å². The molecule has 566 valence electrons. The number of benzene rings is 5. The number of primary sulfonamides is 2. The first-order valence-electron chi connectivity index (χ1n) is 33.0. The van der Waals surface area contributed by atoms with E-state index in [0.717, 1.165) is 98.6 Å². The first kappa shape index (κ1) is 80.1. The Morgan fingerprint density at radius 3 is 1.76 bits per heavy atom. The number of aromatic amines is 1. The molecule has 5 aromatic carbocycles. The number of halogens is 5. The highest BCUT2D eigenvalue weighted by molar-refractivity contribution is 7.90. The second-order valence-corrected chi connectivity index (χ2v) is 31.2. The SMILES string of the molecule is CC1(C)CCC(CN2CCN(c3ccc(C(=O)NS(=O)(=O)c4ccc(NC5CCOCC5)c([N+](=O)[O-])c4)c(Oc4cnc5[nH]ccc5c4)c3)CC2)=C(c2ccc(C(F)(F)F)cc2Cl)C1.NC1CCOCC1.NS(=O)(=O)c1ccc(F)c([N+](=O)[O-])c1.NS(=O)(=O)c1ccc(NC2CCOCC2)c([N+](=O)[O-])c1. The predicted octanol–water partition coefficient (Wildman–Crippen LogP) is 10.8. The molecule has 4 fully saturated rings. The van der Waals surface area contributed by atoms with Crippen LogP contribution in [0, 0.1) is 41.6 Å². The molecule has 0 bridgehead atoms. The number of sulfonamides is 3. The van der Waals surface area contributed by atoms with Gasteiger partial charge in [-0.1, -0.05) is 37.1 Å². The summed E-state index contributed by atoms with van der Waals surface area (Å²) in [6.45, 7) is 11.3. The van der Waals surface area contributed by atoms with Crippen molar-refractivity contribution in [2.75, 3.05) is 87.9 Å². The Morgan fingerprint density at radius 2 is 1.24 bits per heavy atom. The zero-order valence-electron chi connectivity index (χ0n) is 56.8. The summed E-state index contributed by atoms with van der Waals surface area (Å²) in [4.78, 5) is 55.5. The number of nitrogens with one attached hydrogen (secondary N) is 4. The highest BCUT2D eigenvalue weighted by atomic mass is 35.5. The normalized spacial score (nSPS) is 17.2. The highest BCUT2D eigenvalue weighted by Gasteiger charge is 2.35. The lowest BCUT2D eigenvalue weighted by molar-refractivity contribution is -0.387. The number of alkyl halides is 3. The van der Waals surface area contributed by atoms with Crippen LogP contribution < -0.4 is 41.0 Å². The summed E-state index contributed by atoms with van der Waals surface area (Å²) in [6, 6.07) is 21.5. The monoisotopic (exact) mass is 1540 g/mol. The van der Waals surface area contributed by atoms with Crippen LogP contribution in [0.3, 0.4) is 0 Å². The van der Waals surface area contributed by atoms with Gasteiger partial charge in [-0.3, -0.25) is 40.0 Å². The first-order chi connectivity index (χ1) is 49.5. The topological polar surface area (TPSA) is 435 Å². The number of pyridine rings is 1. The largest absolute Gasteiger partial charge is 0.455 e. The summed E-state index contributed by atoms with van der Waals surface area (Å²) in [7, 11) is -12.6. The Labute approximate surface area is 606 Å². The molecule has 105 heavy (non-hydrogen) atoms. The maximum atomic E-state index is 13.9. The molecule has 7 aromatic rings. The van der Waals surface area contributed by atoms with E-state index in [-0.39, 0.29) is 55.8 Å². The third kappa shape index (κ3) is 22.0. The Balaban J connectivity index is 0.000000249. The molecule has 0 spiro atoms. The van der Waals surface area contributed by atoms with Gasteiger partial charge in [0.15, 0.2) is 0 Å². The van der Waals surface area contributed by atoms with Crippen LogP contribution in [0.1, 0.15) is 93.1 Å². The Kier molecular flexibility index (Phi) is 26.3. The number of nitrogens with two attached hydrogens (primary N) is 3. The summed E-state index contributed by atoms with van der Waals surface area (Å²) < 4.78 is 148. The van der Waals surface area contributed by atoms with Crippen LogP contribution in [0.15, 0.2) is 136 Å². The van der Waals surface area contributed by atoms with Crippen LogP contribution in [-0.4, -0.2) is 151 Å². The predicted molar refractivity (Wildman–Crippen MR) is 382 cm³/mol. The van der Waals surface area contributed by atoms with Crippen LogP contribution in [0.5, 0.6) is 11.5 Å². The molecule has 1 aliphatic carbocycles. The second kappa shape index (κ2) is 34.5. The van der Waals surface area contributed by atoms with Crippen molar-refractivity contribution in [2.24, 2.45) is 21.4 Å². The number of hydrogen-bond donors (Lipinski definition) is 7. The molecule has 6 heterocycles. The van der Waals surface area contributed by atoms with Crippen molar-refractivity contribution in [3.8, 4) is 11.5 Å². The van der Waals surface area contributed by atoms with Crippen LogP contribution in [0.4, 0.5) is 51.7 Å².